The summed E-state index contributed by atoms with van der Waals surface area (Å²) in [6.07, 6.45) is 15.6. The van der Waals surface area contributed by atoms with Crippen molar-refractivity contribution < 1.29 is 33.2 Å². The van der Waals surface area contributed by atoms with Crippen LogP contribution in [0, 0.1) is 0 Å². The van der Waals surface area contributed by atoms with E-state index in [9.17, 15) is 0 Å². The number of hydrogen-bond donors (Lipinski definition) is 0. The topological polar surface area (TPSA) is 9.23 Å². The first-order valence-corrected chi connectivity index (χ1v) is 10.6. The van der Waals surface area contributed by atoms with Gasteiger partial charge in [-0.3, -0.25) is 0 Å². The molecule has 0 bridgehead atoms. The maximum atomic E-state index is 5.83. The largest absolute Gasteiger partial charge is 1.00 e. The molecule has 0 heterocycles. The van der Waals surface area contributed by atoms with Crippen LogP contribution in [0.25, 0.3) is 0 Å². The molecular formula is C23H42INO. The lowest BCUT2D eigenvalue weighted by Gasteiger charge is -2.29. The van der Waals surface area contributed by atoms with Gasteiger partial charge < -0.3 is 33.2 Å². The van der Waals surface area contributed by atoms with E-state index < -0.39 is 0 Å². The van der Waals surface area contributed by atoms with Crippen molar-refractivity contribution in [2.75, 3.05) is 33.8 Å². The van der Waals surface area contributed by atoms with Crippen molar-refractivity contribution >= 4 is 0 Å². The lowest BCUT2D eigenvalue weighted by Crippen LogP contribution is -3.00. The van der Waals surface area contributed by atoms with Gasteiger partial charge in [0.15, 0.2) is 0 Å². The van der Waals surface area contributed by atoms with Crippen molar-refractivity contribution in [3.63, 3.8) is 0 Å². The van der Waals surface area contributed by atoms with Crippen LogP contribution < -0.4 is 28.7 Å². The summed E-state index contributed by atoms with van der Waals surface area (Å²) >= 11 is 0. The molecule has 3 heteroatoms. The highest BCUT2D eigenvalue weighted by Crippen LogP contribution is 2.13. The second kappa shape index (κ2) is 16.9. The van der Waals surface area contributed by atoms with E-state index in [1.54, 1.807) is 0 Å². The molecule has 0 radical (unpaired) electrons. The Kier molecular flexibility index (Phi) is 16.7. The third kappa shape index (κ3) is 14.8. The molecule has 0 aliphatic rings. The van der Waals surface area contributed by atoms with Crippen molar-refractivity contribution in [2.45, 2.75) is 77.6 Å². The van der Waals surface area contributed by atoms with Crippen LogP contribution in [0.2, 0.25) is 0 Å². The zero-order valence-electron chi connectivity index (χ0n) is 17.5. The smallest absolute Gasteiger partial charge is 0.137 e. The average molecular weight is 475 g/mol. The van der Waals surface area contributed by atoms with Crippen molar-refractivity contribution in [2.24, 2.45) is 0 Å². The van der Waals surface area contributed by atoms with E-state index in [0.717, 1.165) is 23.4 Å². The minimum absolute atomic E-state index is 0. The summed E-state index contributed by atoms with van der Waals surface area (Å²) in [5, 5.41) is 0. The van der Waals surface area contributed by atoms with Crippen LogP contribution in [-0.4, -0.2) is 38.3 Å². The summed E-state index contributed by atoms with van der Waals surface area (Å²) in [5.41, 5.74) is 0. The Balaban J connectivity index is 0.00000625. The first-order chi connectivity index (χ1) is 12.1. The molecular weight excluding hydrogens is 433 g/mol. The zero-order valence-corrected chi connectivity index (χ0v) is 19.7. The summed E-state index contributed by atoms with van der Waals surface area (Å²) in [5.74, 6) is 0.984. The summed E-state index contributed by atoms with van der Waals surface area (Å²) in [7, 11) is 4.65. The Morgan fingerprint density at radius 1 is 0.692 bits per heavy atom. The van der Waals surface area contributed by atoms with E-state index in [2.05, 4.69) is 21.0 Å². The molecule has 1 rings (SSSR count). The van der Waals surface area contributed by atoms with E-state index in [1.807, 2.05) is 30.3 Å². The van der Waals surface area contributed by atoms with E-state index in [4.69, 9.17) is 4.74 Å². The van der Waals surface area contributed by atoms with Gasteiger partial charge in [0, 0.05) is 0 Å². The fraction of sp³-hybridized carbons (Fsp3) is 0.739. The number of halogens is 1. The van der Waals surface area contributed by atoms with Crippen molar-refractivity contribution in [1.82, 2.24) is 0 Å². The molecule has 0 aromatic heterocycles. The zero-order chi connectivity index (χ0) is 18.2. The van der Waals surface area contributed by atoms with Gasteiger partial charge in [0.25, 0.3) is 0 Å². The van der Waals surface area contributed by atoms with Gasteiger partial charge in [-0.2, -0.15) is 0 Å². The normalized spacial score (nSPS) is 11.2. The molecule has 1 aromatic rings. The maximum absolute atomic E-state index is 5.83. The molecule has 152 valence electrons. The van der Waals surface area contributed by atoms with Gasteiger partial charge in [0.05, 0.1) is 20.6 Å². The van der Waals surface area contributed by atoms with Crippen LogP contribution in [0.15, 0.2) is 30.3 Å². The molecule has 0 atom stereocenters. The van der Waals surface area contributed by atoms with Crippen LogP contribution in [0.1, 0.15) is 77.6 Å². The minimum Gasteiger partial charge on any atom is -1.00 e. The standard InChI is InChI=1S/C23H42NO.HI/c1-4-5-6-7-8-9-10-11-12-13-17-20-24(2,3)21-22-25-23-18-15-14-16-19-23;/h14-16,18-19H,4-13,17,20-22H2,1-3H3;1H/q+1;/p-1. The second-order valence-electron chi connectivity index (χ2n) is 8.08. The molecule has 2 nitrogen and oxygen atoms in total. The van der Waals surface area contributed by atoms with E-state index in [1.165, 1.54) is 77.2 Å². The van der Waals surface area contributed by atoms with Crippen LogP contribution in [0.5, 0.6) is 5.75 Å². The fourth-order valence-corrected chi connectivity index (χ4v) is 3.24. The first kappa shape index (κ1) is 25.7. The van der Waals surface area contributed by atoms with Gasteiger partial charge in [0.2, 0.25) is 0 Å². The van der Waals surface area contributed by atoms with Gasteiger partial charge in [-0.15, -0.1) is 0 Å². The van der Waals surface area contributed by atoms with E-state index >= 15 is 0 Å². The lowest BCUT2D eigenvalue weighted by molar-refractivity contribution is -0.890. The number of rotatable bonds is 16. The van der Waals surface area contributed by atoms with Gasteiger partial charge in [-0.1, -0.05) is 82.9 Å². The number of nitrogens with zero attached hydrogens (tertiary/aromatic N) is 1. The second-order valence-corrected chi connectivity index (χ2v) is 8.08. The minimum atomic E-state index is 0. The Morgan fingerprint density at radius 2 is 1.19 bits per heavy atom. The quantitative estimate of drug-likeness (QED) is 0.202. The van der Waals surface area contributed by atoms with Gasteiger partial charge in [0.1, 0.15) is 18.9 Å². The molecule has 0 saturated carbocycles. The summed E-state index contributed by atoms with van der Waals surface area (Å²) in [6.45, 7) is 5.42. The molecule has 1 aromatic carbocycles. The summed E-state index contributed by atoms with van der Waals surface area (Å²) in [4.78, 5) is 0. The number of benzene rings is 1. The molecule has 0 fully saturated rings. The van der Waals surface area contributed by atoms with Crippen LogP contribution >= 0.6 is 0 Å². The van der Waals surface area contributed by atoms with Crippen molar-refractivity contribution in [3.05, 3.63) is 30.3 Å². The third-order valence-corrected chi connectivity index (χ3v) is 5.08. The molecule has 0 unspecified atom stereocenters. The molecule has 0 N–H and O–H groups in total. The lowest BCUT2D eigenvalue weighted by atomic mass is 10.1. The van der Waals surface area contributed by atoms with Crippen molar-refractivity contribution in [3.8, 4) is 5.75 Å². The van der Waals surface area contributed by atoms with Gasteiger partial charge >= 0.3 is 0 Å². The number of unbranched alkanes of at least 4 members (excludes halogenated alkanes) is 10. The number of para-hydroxylation sites is 1. The van der Waals surface area contributed by atoms with Crippen LogP contribution in [0.3, 0.4) is 0 Å². The average Bonchev–Trinajstić information content (AvgIpc) is 2.60. The highest BCUT2D eigenvalue weighted by molar-refractivity contribution is 5.20. The number of likely N-dealkylation sites (N-methyl/N-ethyl adjacent to an activating group) is 1. The van der Waals surface area contributed by atoms with Crippen LogP contribution in [-0.2, 0) is 0 Å². The molecule has 0 spiro atoms. The predicted molar refractivity (Wildman–Crippen MR) is 110 cm³/mol. The summed E-state index contributed by atoms with van der Waals surface area (Å²) in [6, 6.07) is 10.1. The first-order valence-electron chi connectivity index (χ1n) is 10.6. The third-order valence-electron chi connectivity index (χ3n) is 5.08. The van der Waals surface area contributed by atoms with E-state index in [-0.39, 0.29) is 24.0 Å². The highest BCUT2D eigenvalue weighted by Gasteiger charge is 2.14. The molecule has 26 heavy (non-hydrogen) atoms. The Labute approximate surface area is 180 Å². The van der Waals surface area contributed by atoms with Gasteiger partial charge in [-0.05, 0) is 25.0 Å². The van der Waals surface area contributed by atoms with Crippen LogP contribution in [0.4, 0.5) is 0 Å². The molecule has 0 aliphatic heterocycles. The summed E-state index contributed by atoms with van der Waals surface area (Å²) < 4.78 is 6.89. The number of ether oxygens (including phenoxy) is 1. The van der Waals surface area contributed by atoms with E-state index in [0.29, 0.717) is 0 Å². The highest BCUT2D eigenvalue weighted by atomic mass is 127. The molecule has 0 aliphatic carbocycles. The fourth-order valence-electron chi connectivity index (χ4n) is 3.24. The molecule has 0 amide bonds. The van der Waals surface area contributed by atoms with Crippen molar-refractivity contribution in [1.29, 1.82) is 0 Å². The maximum Gasteiger partial charge on any atom is 0.137 e. The predicted octanol–water partition coefficient (Wildman–Crippen LogP) is 3.46. The number of hydrogen-bond acceptors (Lipinski definition) is 1. The SMILES string of the molecule is CCCCCCCCCCCCC[N+](C)(C)CCOc1ccccc1.[I-]. The number of quaternary nitrogens is 1. The Hall–Kier alpha value is -0.290. The van der Waals surface area contributed by atoms with Gasteiger partial charge in [-0.25, -0.2) is 0 Å². The monoisotopic (exact) mass is 475 g/mol. The Bertz CT molecular complexity index is 408. The Morgan fingerprint density at radius 3 is 1.73 bits per heavy atom. The molecule has 0 saturated heterocycles.